The second-order valence-corrected chi connectivity index (χ2v) is 8.09. The van der Waals surface area contributed by atoms with E-state index in [4.69, 9.17) is 14.5 Å². The van der Waals surface area contributed by atoms with Gasteiger partial charge >= 0.3 is 5.97 Å². The monoisotopic (exact) mass is 436 g/mol. The van der Waals surface area contributed by atoms with Crippen molar-refractivity contribution in [3.05, 3.63) is 102 Å². The first kappa shape index (κ1) is 22.0. The van der Waals surface area contributed by atoms with Gasteiger partial charge in [0.25, 0.3) is 0 Å². The van der Waals surface area contributed by atoms with E-state index in [0.717, 1.165) is 10.8 Å². The number of methoxy groups -OCH3 is 1. The number of ether oxygens (including phenoxy) is 2. The molecule has 0 saturated carbocycles. The molecule has 1 unspecified atom stereocenters. The molecule has 1 heterocycles. The van der Waals surface area contributed by atoms with Crippen LogP contribution in [-0.2, 0) is 14.9 Å². The van der Waals surface area contributed by atoms with E-state index in [0.29, 0.717) is 28.5 Å². The van der Waals surface area contributed by atoms with Crippen molar-refractivity contribution in [2.24, 2.45) is 5.92 Å². The largest absolute Gasteiger partial charge is 0.468 e. The predicted molar refractivity (Wildman–Crippen MR) is 127 cm³/mol. The van der Waals surface area contributed by atoms with Gasteiger partial charge in [0.1, 0.15) is 17.2 Å². The molecule has 4 rings (SSSR count). The van der Waals surface area contributed by atoms with Crippen LogP contribution < -0.4 is 4.74 Å². The second kappa shape index (κ2) is 9.13. The lowest BCUT2D eigenvalue weighted by Gasteiger charge is -2.35. The molecule has 1 aromatic heterocycles. The van der Waals surface area contributed by atoms with Crippen LogP contribution in [0.1, 0.15) is 30.7 Å². The van der Waals surface area contributed by atoms with Crippen molar-refractivity contribution in [3.63, 3.8) is 0 Å². The Bertz CT molecular complexity index is 1340. The zero-order valence-electron chi connectivity index (χ0n) is 18.8. The van der Waals surface area contributed by atoms with Gasteiger partial charge in [0.05, 0.1) is 18.4 Å². The lowest BCUT2D eigenvalue weighted by molar-refractivity contribution is -0.147. The fourth-order valence-corrected chi connectivity index (χ4v) is 4.29. The van der Waals surface area contributed by atoms with Crippen molar-refractivity contribution < 1.29 is 14.3 Å². The smallest absolute Gasteiger partial charge is 0.322 e. The van der Waals surface area contributed by atoms with Crippen LogP contribution in [0.15, 0.2) is 84.9 Å². The molecule has 0 aliphatic rings. The Labute approximate surface area is 193 Å². The summed E-state index contributed by atoms with van der Waals surface area (Å²) in [5.41, 5.74) is 0.0158. The number of hydrogen-bond acceptors (Lipinski definition) is 5. The summed E-state index contributed by atoms with van der Waals surface area (Å²) in [5, 5.41) is 12.0. The molecule has 0 fully saturated rings. The highest BCUT2D eigenvalue weighted by molar-refractivity contribution is 5.91. The van der Waals surface area contributed by atoms with Gasteiger partial charge in [-0.05, 0) is 46.5 Å². The average Bonchev–Trinajstić information content (AvgIpc) is 2.85. The SMILES string of the molecule is COC(=O)C(c1ccc2ccccc2c1)(c1nc(Oc2ccccc2)ccc1C#N)C(C)C. The summed E-state index contributed by atoms with van der Waals surface area (Å²) in [5.74, 6) is 0.163. The predicted octanol–water partition coefficient (Wildman–Crippen LogP) is 6.01. The van der Waals surface area contributed by atoms with Gasteiger partial charge in [-0.15, -0.1) is 0 Å². The summed E-state index contributed by atoms with van der Waals surface area (Å²) in [6.45, 7) is 3.86. The van der Waals surface area contributed by atoms with Gasteiger partial charge in [-0.25, -0.2) is 4.98 Å². The lowest BCUT2D eigenvalue weighted by atomic mass is 9.67. The second-order valence-electron chi connectivity index (χ2n) is 8.09. The molecule has 0 bridgehead atoms. The fourth-order valence-electron chi connectivity index (χ4n) is 4.29. The average molecular weight is 437 g/mol. The highest BCUT2D eigenvalue weighted by Gasteiger charge is 2.49. The fraction of sp³-hybridized carbons (Fsp3) is 0.179. The number of nitrogens with zero attached hydrogens (tertiary/aromatic N) is 2. The number of carbonyl (C=O) groups is 1. The minimum atomic E-state index is -1.31. The van der Waals surface area contributed by atoms with Gasteiger partial charge in [0.15, 0.2) is 0 Å². The zero-order chi connectivity index (χ0) is 23.4. The third-order valence-electron chi connectivity index (χ3n) is 5.91. The molecule has 164 valence electrons. The molecule has 0 aliphatic carbocycles. The van der Waals surface area contributed by atoms with E-state index in [1.165, 1.54) is 7.11 Å². The summed E-state index contributed by atoms with van der Waals surface area (Å²) in [7, 11) is 1.36. The molecule has 4 aromatic rings. The molecule has 0 radical (unpaired) electrons. The van der Waals surface area contributed by atoms with Crippen LogP contribution in [0.5, 0.6) is 11.6 Å². The number of para-hydroxylation sites is 1. The van der Waals surface area contributed by atoms with Crippen molar-refractivity contribution in [3.8, 4) is 17.7 Å². The molecule has 5 nitrogen and oxygen atoms in total. The number of nitriles is 1. The summed E-state index contributed by atoms with van der Waals surface area (Å²) in [6.07, 6.45) is 0. The first-order chi connectivity index (χ1) is 16.0. The van der Waals surface area contributed by atoms with Crippen LogP contribution in [0.2, 0.25) is 0 Å². The minimum Gasteiger partial charge on any atom is -0.468 e. The number of rotatable bonds is 6. The van der Waals surface area contributed by atoms with E-state index in [2.05, 4.69) is 6.07 Å². The number of pyridine rings is 1. The van der Waals surface area contributed by atoms with Gasteiger partial charge in [-0.2, -0.15) is 5.26 Å². The number of hydrogen-bond donors (Lipinski definition) is 0. The Morgan fingerprint density at radius 1 is 0.939 bits per heavy atom. The Hall–Kier alpha value is -4.17. The Kier molecular flexibility index (Phi) is 6.10. The van der Waals surface area contributed by atoms with Gasteiger partial charge in [0, 0.05) is 6.07 Å². The molecule has 0 N–H and O–H groups in total. The van der Waals surface area contributed by atoms with Gasteiger partial charge < -0.3 is 9.47 Å². The first-order valence-electron chi connectivity index (χ1n) is 10.7. The highest BCUT2D eigenvalue weighted by atomic mass is 16.5. The number of carbonyl (C=O) groups excluding carboxylic acids is 1. The molecular formula is C28H24N2O3. The number of aromatic nitrogens is 1. The maximum atomic E-state index is 13.5. The van der Waals surface area contributed by atoms with Crippen LogP contribution in [-0.4, -0.2) is 18.1 Å². The summed E-state index contributed by atoms with van der Waals surface area (Å²) in [4.78, 5) is 18.3. The number of esters is 1. The van der Waals surface area contributed by atoms with E-state index < -0.39 is 11.4 Å². The molecule has 1 atom stereocenters. The molecule has 3 aromatic carbocycles. The quantitative estimate of drug-likeness (QED) is 0.346. The van der Waals surface area contributed by atoms with Crippen LogP contribution in [0, 0.1) is 17.2 Å². The van der Waals surface area contributed by atoms with Gasteiger partial charge in [-0.1, -0.05) is 68.4 Å². The Morgan fingerprint density at radius 2 is 1.64 bits per heavy atom. The van der Waals surface area contributed by atoms with Crippen LogP contribution in [0.3, 0.4) is 0 Å². The maximum Gasteiger partial charge on any atom is 0.322 e. The standard InChI is InChI=1S/C28H24N2O3/c1-19(2)28(27(31)32-3,23-15-13-20-9-7-8-10-21(20)17-23)26-22(18-29)14-16-25(30-26)33-24-11-5-4-6-12-24/h4-17,19H,1-3H3. The molecule has 0 spiro atoms. The number of benzene rings is 3. The Morgan fingerprint density at radius 3 is 2.30 bits per heavy atom. The van der Waals surface area contributed by atoms with Crippen LogP contribution in [0.4, 0.5) is 0 Å². The molecule has 33 heavy (non-hydrogen) atoms. The molecule has 0 amide bonds. The summed E-state index contributed by atoms with van der Waals surface area (Å²) < 4.78 is 11.3. The third kappa shape index (κ3) is 3.92. The lowest BCUT2D eigenvalue weighted by Crippen LogP contribution is -2.44. The van der Waals surface area contributed by atoms with Crippen molar-refractivity contribution in [2.75, 3.05) is 7.11 Å². The van der Waals surface area contributed by atoms with Crippen molar-refractivity contribution in [1.82, 2.24) is 4.98 Å². The molecule has 0 aliphatic heterocycles. The highest BCUT2D eigenvalue weighted by Crippen LogP contribution is 2.43. The van der Waals surface area contributed by atoms with Gasteiger partial charge in [0.2, 0.25) is 5.88 Å². The van der Waals surface area contributed by atoms with E-state index in [1.807, 2.05) is 86.6 Å². The van der Waals surface area contributed by atoms with Crippen molar-refractivity contribution in [2.45, 2.75) is 19.3 Å². The van der Waals surface area contributed by atoms with E-state index in [-0.39, 0.29) is 5.92 Å². The van der Waals surface area contributed by atoms with E-state index in [1.54, 1.807) is 12.1 Å². The third-order valence-corrected chi connectivity index (χ3v) is 5.91. The van der Waals surface area contributed by atoms with Gasteiger partial charge in [-0.3, -0.25) is 4.79 Å². The summed E-state index contributed by atoms with van der Waals surface area (Å²) >= 11 is 0. The van der Waals surface area contributed by atoms with E-state index >= 15 is 0 Å². The molecular weight excluding hydrogens is 412 g/mol. The molecule has 5 heteroatoms. The van der Waals surface area contributed by atoms with Crippen LogP contribution >= 0.6 is 0 Å². The van der Waals surface area contributed by atoms with Crippen molar-refractivity contribution >= 4 is 16.7 Å². The normalized spacial score (nSPS) is 12.7. The number of fused-ring (bicyclic) bond motifs is 1. The first-order valence-corrected chi connectivity index (χ1v) is 10.7. The topological polar surface area (TPSA) is 72.2 Å². The Balaban J connectivity index is 1.98. The maximum absolute atomic E-state index is 13.5. The summed E-state index contributed by atoms with van der Waals surface area (Å²) in [6, 6.07) is 28.5. The van der Waals surface area contributed by atoms with Crippen molar-refractivity contribution in [1.29, 1.82) is 5.26 Å². The minimum absolute atomic E-state index is 0.266. The molecule has 0 saturated heterocycles. The zero-order valence-corrected chi connectivity index (χ0v) is 18.8. The van der Waals surface area contributed by atoms with E-state index in [9.17, 15) is 10.1 Å². The van der Waals surface area contributed by atoms with Crippen LogP contribution in [0.25, 0.3) is 10.8 Å².